The fourth-order valence-electron chi connectivity index (χ4n) is 3.20. The average Bonchev–Trinajstić information content (AvgIpc) is 2.88. The number of hydrogen-bond donors (Lipinski definition) is 2. The van der Waals surface area contributed by atoms with Gasteiger partial charge in [-0.05, 0) is 72.6 Å². The monoisotopic (exact) mass is 480 g/mol. The Kier molecular flexibility index (Phi) is 8.77. The molecule has 0 heterocycles. The SMILES string of the molecule is CCOc1cc(/C=N/NC(=O)c2ccc(OCc3cc(OC)c(OC)c(OC)c3)cc2)ccc1O. The van der Waals surface area contributed by atoms with Crippen LogP contribution in [0.4, 0.5) is 0 Å². The lowest BCUT2D eigenvalue weighted by Crippen LogP contribution is -2.17. The highest BCUT2D eigenvalue weighted by atomic mass is 16.5. The van der Waals surface area contributed by atoms with E-state index < -0.39 is 0 Å². The molecule has 0 aliphatic carbocycles. The molecule has 3 aromatic carbocycles. The standard InChI is InChI=1S/C26H28N2O7/c1-5-34-22-12-17(6-11-21(22)29)15-27-28-26(30)19-7-9-20(10-8-19)35-16-18-13-23(31-2)25(33-4)24(14-18)32-3/h6-15,29H,5,16H2,1-4H3,(H,28,30)/b27-15+. The van der Waals surface area contributed by atoms with E-state index in [1.807, 2.05) is 19.1 Å². The van der Waals surface area contributed by atoms with Gasteiger partial charge in [-0.2, -0.15) is 5.10 Å². The number of amides is 1. The predicted molar refractivity (Wildman–Crippen MR) is 131 cm³/mol. The van der Waals surface area contributed by atoms with E-state index in [0.717, 1.165) is 5.56 Å². The summed E-state index contributed by atoms with van der Waals surface area (Å²) in [5.74, 6) is 2.20. The van der Waals surface area contributed by atoms with Gasteiger partial charge in [0.05, 0.1) is 34.2 Å². The van der Waals surface area contributed by atoms with Crippen LogP contribution in [0.5, 0.6) is 34.5 Å². The van der Waals surface area contributed by atoms with Crippen LogP contribution in [0.2, 0.25) is 0 Å². The Balaban J connectivity index is 1.58. The predicted octanol–water partition coefficient (Wildman–Crippen LogP) is 4.16. The van der Waals surface area contributed by atoms with Crippen LogP contribution >= 0.6 is 0 Å². The smallest absolute Gasteiger partial charge is 0.271 e. The molecule has 0 radical (unpaired) electrons. The molecule has 0 fully saturated rings. The van der Waals surface area contributed by atoms with Crippen LogP contribution < -0.4 is 29.1 Å². The van der Waals surface area contributed by atoms with Crippen LogP contribution in [0.15, 0.2) is 59.7 Å². The number of phenols is 1. The summed E-state index contributed by atoms with van der Waals surface area (Å²) >= 11 is 0. The number of aromatic hydroxyl groups is 1. The Bertz CT molecular complexity index is 1150. The zero-order valence-electron chi connectivity index (χ0n) is 20.0. The van der Waals surface area contributed by atoms with Gasteiger partial charge >= 0.3 is 0 Å². The number of carbonyl (C=O) groups is 1. The summed E-state index contributed by atoms with van der Waals surface area (Å²) in [5, 5.41) is 13.7. The van der Waals surface area contributed by atoms with Gasteiger partial charge in [0.25, 0.3) is 5.91 Å². The molecule has 2 N–H and O–H groups in total. The Morgan fingerprint density at radius 2 is 1.60 bits per heavy atom. The highest BCUT2D eigenvalue weighted by Crippen LogP contribution is 2.38. The van der Waals surface area contributed by atoms with E-state index in [1.165, 1.54) is 12.3 Å². The topological polar surface area (TPSA) is 108 Å². The fraction of sp³-hybridized carbons (Fsp3) is 0.231. The molecular formula is C26H28N2O7. The van der Waals surface area contributed by atoms with Gasteiger partial charge in [-0.25, -0.2) is 5.43 Å². The van der Waals surface area contributed by atoms with E-state index in [0.29, 0.717) is 46.5 Å². The molecule has 0 spiro atoms. The van der Waals surface area contributed by atoms with Gasteiger partial charge in [-0.15, -0.1) is 0 Å². The van der Waals surface area contributed by atoms with Crippen molar-refractivity contribution in [1.82, 2.24) is 5.43 Å². The highest BCUT2D eigenvalue weighted by molar-refractivity contribution is 5.95. The van der Waals surface area contributed by atoms with Crippen LogP contribution in [0, 0.1) is 0 Å². The van der Waals surface area contributed by atoms with Gasteiger partial charge in [-0.3, -0.25) is 4.79 Å². The molecule has 0 atom stereocenters. The number of nitrogens with zero attached hydrogens (tertiary/aromatic N) is 1. The minimum atomic E-state index is -0.374. The third kappa shape index (κ3) is 6.57. The van der Waals surface area contributed by atoms with Gasteiger partial charge in [0.2, 0.25) is 5.75 Å². The molecule has 0 bridgehead atoms. The van der Waals surface area contributed by atoms with Crippen molar-refractivity contribution in [1.29, 1.82) is 0 Å². The number of ether oxygens (including phenoxy) is 5. The zero-order valence-corrected chi connectivity index (χ0v) is 20.0. The summed E-state index contributed by atoms with van der Waals surface area (Å²) in [6.07, 6.45) is 1.47. The number of phenolic OH excluding ortho intramolecular Hbond substituents is 1. The maximum atomic E-state index is 12.4. The van der Waals surface area contributed by atoms with Crippen molar-refractivity contribution < 1.29 is 33.6 Å². The normalized spacial score (nSPS) is 10.6. The third-order valence-electron chi connectivity index (χ3n) is 4.91. The summed E-state index contributed by atoms with van der Waals surface area (Å²) in [6.45, 7) is 2.51. The molecular weight excluding hydrogens is 452 g/mol. The zero-order chi connectivity index (χ0) is 25.2. The lowest BCUT2D eigenvalue weighted by Gasteiger charge is -2.14. The second-order valence-corrected chi connectivity index (χ2v) is 7.21. The molecule has 35 heavy (non-hydrogen) atoms. The summed E-state index contributed by atoms with van der Waals surface area (Å²) in [6, 6.07) is 15.1. The molecule has 0 unspecified atom stereocenters. The molecule has 1 amide bonds. The summed E-state index contributed by atoms with van der Waals surface area (Å²) in [4.78, 5) is 12.4. The highest BCUT2D eigenvalue weighted by Gasteiger charge is 2.13. The van der Waals surface area contributed by atoms with Gasteiger partial charge in [-0.1, -0.05) is 0 Å². The number of nitrogens with one attached hydrogen (secondary N) is 1. The number of carbonyl (C=O) groups excluding carboxylic acids is 1. The van der Waals surface area contributed by atoms with Crippen LogP contribution in [-0.4, -0.2) is 45.2 Å². The molecule has 0 aliphatic rings. The lowest BCUT2D eigenvalue weighted by atomic mass is 10.2. The summed E-state index contributed by atoms with van der Waals surface area (Å²) in [5.41, 5.74) is 4.39. The molecule has 9 heteroatoms. The van der Waals surface area contributed by atoms with Crippen LogP contribution in [0.1, 0.15) is 28.4 Å². The first-order valence-corrected chi connectivity index (χ1v) is 10.8. The molecule has 3 rings (SSSR count). The van der Waals surface area contributed by atoms with Crippen LogP contribution in [-0.2, 0) is 6.61 Å². The van der Waals surface area contributed by atoms with E-state index in [1.54, 1.807) is 57.7 Å². The van der Waals surface area contributed by atoms with Crippen molar-refractivity contribution in [2.45, 2.75) is 13.5 Å². The molecule has 0 aromatic heterocycles. The number of hydrogen-bond acceptors (Lipinski definition) is 8. The Morgan fingerprint density at radius 3 is 2.20 bits per heavy atom. The van der Waals surface area contributed by atoms with E-state index >= 15 is 0 Å². The largest absolute Gasteiger partial charge is 0.504 e. The van der Waals surface area contributed by atoms with Crippen molar-refractivity contribution in [2.75, 3.05) is 27.9 Å². The van der Waals surface area contributed by atoms with Crippen molar-refractivity contribution in [3.63, 3.8) is 0 Å². The maximum Gasteiger partial charge on any atom is 0.271 e. The van der Waals surface area contributed by atoms with Gasteiger partial charge in [0, 0.05) is 5.56 Å². The second kappa shape index (κ2) is 12.2. The first kappa shape index (κ1) is 25.2. The van der Waals surface area contributed by atoms with Crippen molar-refractivity contribution >= 4 is 12.1 Å². The number of methoxy groups -OCH3 is 3. The van der Waals surface area contributed by atoms with E-state index in [4.69, 9.17) is 23.7 Å². The number of benzene rings is 3. The molecule has 0 saturated heterocycles. The first-order valence-electron chi connectivity index (χ1n) is 10.8. The quantitative estimate of drug-likeness (QED) is 0.313. The van der Waals surface area contributed by atoms with Crippen LogP contribution in [0.3, 0.4) is 0 Å². The van der Waals surface area contributed by atoms with Gasteiger partial charge in [0.1, 0.15) is 12.4 Å². The molecule has 184 valence electrons. The second-order valence-electron chi connectivity index (χ2n) is 7.21. The van der Waals surface area contributed by atoms with Crippen molar-refractivity contribution in [2.24, 2.45) is 5.10 Å². The fourth-order valence-corrected chi connectivity index (χ4v) is 3.20. The number of hydrazone groups is 1. The summed E-state index contributed by atoms with van der Waals surface area (Å²) < 4.78 is 27.2. The summed E-state index contributed by atoms with van der Waals surface area (Å²) in [7, 11) is 4.66. The minimum Gasteiger partial charge on any atom is -0.504 e. The van der Waals surface area contributed by atoms with E-state index in [2.05, 4.69) is 10.5 Å². The molecule has 0 aliphatic heterocycles. The van der Waals surface area contributed by atoms with Gasteiger partial charge in [0.15, 0.2) is 23.0 Å². The third-order valence-corrected chi connectivity index (χ3v) is 4.91. The van der Waals surface area contributed by atoms with Crippen molar-refractivity contribution in [3.8, 4) is 34.5 Å². The van der Waals surface area contributed by atoms with Crippen molar-refractivity contribution in [3.05, 3.63) is 71.3 Å². The molecule has 3 aromatic rings. The lowest BCUT2D eigenvalue weighted by molar-refractivity contribution is 0.0955. The van der Waals surface area contributed by atoms with E-state index in [9.17, 15) is 9.90 Å². The van der Waals surface area contributed by atoms with Gasteiger partial charge < -0.3 is 28.8 Å². The number of rotatable bonds is 11. The minimum absolute atomic E-state index is 0.0422. The Labute approximate surface area is 203 Å². The van der Waals surface area contributed by atoms with E-state index in [-0.39, 0.29) is 18.3 Å². The maximum absolute atomic E-state index is 12.4. The first-order chi connectivity index (χ1) is 17.0. The molecule has 9 nitrogen and oxygen atoms in total. The Hall–Kier alpha value is -4.40. The average molecular weight is 481 g/mol. The molecule has 0 saturated carbocycles. The van der Waals surface area contributed by atoms with Crippen LogP contribution in [0.25, 0.3) is 0 Å². The Morgan fingerprint density at radius 1 is 0.914 bits per heavy atom.